The van der Waals surface area contributed by atoms with Gasteiger partial charge in [0.2, 0.25) is 0 Å². The van der Waals surface area contributed by atoms with E-state index in [0.29, 0.717) is 0 Å². The van der Waals surface area contributed by atoms with Gasteiger partial charge in [-0.3, -0.25) is 0 Å². The Morgan fingerprint density at radius 1 is 1.33 bits per heavy atom. The summed E-state index contributed by atoms with van der Waals surface area (Å²) in [6.07, 6.45) is 3.90. The lowest BCUT2D eigenvalue weighted by Gasteiger charge is -2.12. The van der Waals surface area contributed by atoms with Crippen LogP contribution >= 0.6 is 11.6 Å². The number of hydrogen-bond acceptors (Lipinski definition) is 0. The first-order chi connectivity index (χ1) is 7.36. The highest BCUT2D eigenvalue weighted by Crippen LogP contribution is 2.53. The molecule has 1 saturated carbocycles. The highest BCUT2D eigenvalue weighted by atomic mass is 35.5. The van der Waals surface area contributed by atoms with Crippen LogP contribution < -0.4 is 0 Å². The largest absolute Gasteiger partial charge is 0.126 e. The van der Waals surface area contributed by atoms with Gasteiger partial charge in [-0.25, -0.2) is 0 Å². The number of benzene rings is 1. The molecular weight excluding hydrogens is 204 g/mol. The van der Waals surface area contributed by atoms with Crippen molar-refractivity contribution in [1.82, 2.24) is 0 Å². The molecule has 0 heterocycles. The molecule has 0 nitrogen and oxygen atoms in total. The second-order valence-electron chi connectivity index (χ2n) is 4.62. The van der Waals surface area contributed by atoms with E-state index in [1.54, 1.807) is 0 Å². The van der Waals surface area contributed by atoms with Crippen LogP contribution in [0.2, 0.25) is 0 Å². The van der Waals surface area contributed by atoms with Crippen molar-refractivity contribution in [3.63, 3.8) is 0 Å². The molecule has 0 amide bonds. The van der Waals surface area contributed by atoms with Crippen LogP contribution in [-0.4, -0.2) is 5.88 Å². The zero-order valence-electron chi connectivity index (χ0n) is 9.33. The first-order valence-corrected chi connectivity index (χ1v) is 6.51. The summed E-state index contributed by atoms with van der Waals surface area (Å²) in [7, 11) is 0. The molecule has 2 rings (SSSR count). The molecule has 1 aliphatic rings. The SMILES string of the molecule is CCCC(CCl)C1CC1c1ccccc1. The van der Waals surface area contributed by atoms with Crippen LogP contribution in [0, 0.1) is 11.8 Å². The van der Waals surface area contributed by atoms with Gasteiger partial charge in [-0.2, -0.15) is 0 Å². The van der Waals surface area contributed by atoms with Crippen LogP contribution in [0.1, 0.15) is 37.7 Å². The quantitative estimate of drug-likeness (QED) is 0.646. The van der Waals surface area contributed by atoms with E-state index in [0.717, 1.165) is 23.6 Å². The molecular formula is C14H19Cl. The Kier molecular flexibility index (Phi) is 3.69. The molecule has 82 valence electrons. The van der Waals surface area contributed by atoms with Crippen molar-refractivity contribution in [1.29, 1.82) is 0 Å². The molecule has 15 heavy (non-hydrogen) atoms. The summed E-state index contributed by atoms with van der Waals surface area (Å²) in [5.41, 5.74) is 1.51. The zero-order valence-corrected chi connectivity index (χ0v) is 10.1. The molecule has 0 saturated heterocycles. The lowest BCUT2D eigenvalue weighted by molar-refractivity contribution is 0.460. The van der Waals surface area contributed by atoms with Crippen LogP contribution in [0.4, 0.5) is 0 Å². The van der Waals surface area contributed by atoms with Crippen molar-refractivity contribution in [3.05, 3.63) is 35.9 Å². The van der Waals surface area contributed by atoms with Gasteiger partial charge >= 0.3 is 0 Å². The van der Waals surface area contributed by atoms with Gasteiger partial charge < -0.3 is 0 Å². The van der Waals surface area contributed by atoms with Crippen molar-refractivity contribution in [2.75, 3.05) is 5.88 Å². The van der Waals surface area contributed by atoms with Crippen LogP contribution in [0.5, 0.6) is 0 Å². The van der Waals surface area contributed by atoms with Gasteiger partial charge in [-0.15, -0.1) is 11.6 Å². The Morgan fingerprint density at radius 2 is 2.07 bits per heavy atom. The summed E-state index contributed by atoms with van der Waals surface area (Å²) < 4.78 is 0. The lowest BCUT2D eigenvalue weighted by atomic mass is 9.97. The van der Waals surface area contributed by atoms with Crippen molar-refractivity contribution in [3.8, 4) is 0 Å². The molecule has 0 aromatic heterocycles. The molecule has 0 N–H and O–H groups in total. The van der Waals surface area contributed by atoms with Crippen molar-refractivity contribution < 1.29 is 0 Å². The fourth-order valence-corrected chi connectivity index (χ4v) is 2.98. The van der Waals surface area contributed by atoms with E-state index < -0.39 is 0 Å². The Morgan fingerprint density at radius 3 is 2.67 bits per heavy atom. The van der Waals surface area contributed by atoms with Crippen molar-refractivity contribution in [2.45, 2.75) is 32.1 Å². The average molecular weight is 223 g/mol. The number of hydrogen-bond donors (Lipinski definition) is 0. The Bertz CT molecular complexity index is 293. The Labute approximate surface area is 97.6 Å². The fourth-order valence-electron chi connectivity index (χ4n) is 2.60. The first kappa shape index (κ1) is 11.0. The van der Waals surface area contributed by atoms with Gasteiger partial charge in [-0.05, 0) is 36.2 Å². The van der Waals surface area contributed by atoms with Crippen molar-refractivity contribution in [2.24, 2.45) is 11.8 Å². The Hall–Kier alpha value is -0.490. The molecule has 1 fully saturated rings. The normalized spacial score (nSPS) is 26.3. The van der Waals surface area contributed by atoms with E-state index in [9.17, 15) is 0 Å². The molecule has 0 radical (unpaired) electrons. The minimum atomic E-state index is 0.738. The van der Waals surface area contributed by atoms with Crippen molar-refractivity contribution >= 4 is 11.6 Å². The topological polar surface area (TPSA) is 0 Å². The highest BCUT2D eigenvalue weighted by molar-refractivity contribution is 6.18. The van der Waals surface area contributed by atoms with E-state index in [1.165, 1.54) is 24.8 Å². The summed E-state index contributed by atoms with van der Waals surface area (Å²) in [4.78, 5) is 0. The molecule has 0 spiro atoms. The third-order valence-corrected chi connectivity index (χ3v) is 3.93. The highest BCUT2D eigenvalue weighted by Gasteiger charge is 2.42. The maximum absolute atomic E-state index is 6.03. The predicted octanol–water partition coefficient (Wildman–Crippen LogP) is 4.45. The number of alkyl halides is 1. The van der Waals surface area contributed by atoms with Gasteiger partial charge in [0.15, 0.2) is 0 Å². The zero-order chi connectivity index (χ0) is 10.7. The summed E-state index contributed by atoms with van der Waals surface area (Å²) in [6.45, 7) is 2.25. The standard InChI is InChI=1S/C14H19Cl/c1-2-6-12(10-15)14-9-13(14)11-7-4-3-5-8-11/h3-5,7-8,12-14H,2,6,9-10H2,1H3. The fraction of sp³-hybridized carbons (Fsp3) is 0.571. The summed E-state index contributed by atoms with van der Waals surface area (Å²) in [6, 6.07) is 10.9. The smallest absolute Gasteiger partial charge is 0.0254 e. The van der Waals surface area contributed by atoms with Gasteiger partial charge in [0.05, 0.1) is 0 Å². The predicted molar refractivity (Wildman–Crippen MR) is 66.4 cm³/mol. The molecule has 0 bridgehead atoms. The Balaban J connectivity index is 1.95. The van der Waals surface area contributed by atoms with Crippen LogP contribution in [0.3, 0.4) is 0 Å². The minimum Gasteiger partial charge on any atom is -0.126 e. The van der Waals surface area contributed by atoms with Crippen LogP contribution in [-0.2, 0) is 0 Å². The molecule has 3 unspecified atom stereocenters. The number of halogens is 1. The van der Waals surface area contributed by atoms with Gasteiger partial charge in [0.25, 0.3) is 0 Å². The maximum atomic E-state index is 6.03. The van der Waals surface area contributed by atoms with E-state index in [2.05, 4.69) is 37.3 Å². The average Bonchev–Trinajstić information content (AvgIpc) is 3.07. The van der Waals surface area contributed by atoms with Gasteiger partial charge in [0, 0.05) is 5.88 Å². The van der Waals surface area contributed by atoms with Gasteiger partial charge in [0.1, 0.15) is 0 Å². The molecule has 1 aliphatic carbocycles. The van der Waals surface area contributed by atoms with E-state index in [1.807, 2.05) is 0 Å². The second-order valence-corrected chi connectivity index (χ2v) is 4.93. The summed E-state index contributed by atoms with van der Waals surface area (Å²) in [5, 5.41) is 0. The van der Waals surface area contributed by atoms with E-state index in [-0.39, 0.29) is 0 Å². The minimum absolute atomic E-state index is 0.738. The lowest BCUT2D eigenvalue weighted by Crippen LogP contribution is -2.05. The molecule has 0 aliphatic heterocycles. The summed E-state index contributed by atoms with van der Waals surface area (Å²) >= 11 is 6.03. The van der Waals surface area contributed by atoms with Gasteiger partial charge in [-0.1, -0.05) is 43.7 Å². The molecule has 3 atom stereocenters. The second kappa shape index (κ2) is 5.03. The monoisotopic (exact) mass is 222 g/mol. The molecule has 1 aromatic rings. The third-order valence-electron chi connectivity index (χ3n) is 3.53. The van der Waals surface area contributed by atoms with E-state index >= 15 is 0 Å². The number of rotatable bonds is 5. The van der Waals surface area contributed by atoms with Crippen LogP contribution in [0.15, 0.2) is 30.3 Å². The molecule has 1 aromatic carbocycles. The van der Waals surface area contributed by atoms with E-state index in [4.69, 9.17) is 11.6 Å². The first-order valence-electron chi connectivity index (χ1n) is 5.97. The molecule has 1 heteroatoms. The summed E-state index contributed by atoms with van der Waals surface area (Å²) in [5.74, 6) is 3.22. The van der Waals surface area contributed by atoms with Crippen LogP contribution in [0.25, 0.3) is 0 Å². The third kappa shape index (κ3) is 2.55. The maximum Gasteiger partial charge on any atom is 0.0254 e.